The lowest BCUT2D eigenvalue weighted by Gasteiger charge is -2.03. The summed E-state index contributed by atoms with van der Waals surface area (Å²) in [4.78, 5) is 9.90. The van der Waals surface area contributed by atoms with Gasteiger partial charge in [0.15, 0.2) is 4.84 Å². The average molecular weight is 296 g/mol. The van der Waals surface area contributed by atoms with Crippen LogP contribution < -0.4 is 0 Å². The topological polar surface area (TPSA) is 26.3 Å². The maximum absolute atomic E-state index is 11.0. The van der Waals surface area contributed by atoms with Crippen molar-refractivity contribution in [1.82, 2.24) is 0 Å². The Morgan fingerprint density at radius 1 is 1.58 bits per heavy atom. The fraction of sp³-hybridized carbons (Fsp3) is 0.500. The molecule has 0 fully saturated rings. The van der Waals surface area contributed by atoms with Gasteiger partial charge in [0.05, 0.1) is 6.61 Å². The van der Waals surface area contributed by atoms with E-state index >= 15 is 0 Å². The van der Waals surface area contributed by atoms with Gasteiger partial charge in [0.25, 0.3) is 0 Å². The molecule has 0 spiro atoms. The largest absolute Gasteiger partial charge is 0.482 e. The maximum Gasteiger partial charge on any atom is 0.207 e. The molecule has 0 amide bonds. The number of hydrogen-bond acceptors (Lipinski definition) is 2. The predicted molar refractivity (Wildman–Crippen MR) is 53.9 cm³/mol. The molecule has 0 bridgehead atoms. The normalized spacial score (nSPS) is 12.8. The van der Waals surface area contributed by atoms with Crippen LogP contribution in [-0.4, -0.2) is 17.2 Å². The minimum Gasteiger partial charge on any atom is -0.482 e. The molecule has 0 rings (SSSR count). The van der Waals surface area contributed by atoms with Gasteiger partial charge in [-0.25, -0.2) is 0 Å². The van der Waals surface area contributed by atoms with Crippen molar-refractivity contribution in [2.24, 2.45) is 0 Å². The standard InChI is InChI=1S/C6H6BrCl3O2/c1-2-12-6(10)3(7)4(11)5(8)9/h5H,2H2,1H3/b6-3-. The summed E-state index contributed by atoms with van der Waals surface area (Å²) in [6, 6.07) is 0. The number of alkyl halides is 2. The van der Waals surface area contributed by atoms with Gasteiger partial charge in [0.2, 0.25) is 11.0 Å². The summed E-state index contributed by atoms with van der Waals surface area (Å²) >= 11 is 19.1. The van der Waals surface area contributed by atoms with Crippen LogP contribution in [0.25, 0.3) is 0 Å². The molecule has 70 valence electrons. The highest BCUT2D eigenvalue weighted by molar-refractivity contribution is 9.12. The Morgan fingerprint density at radius 2 is 2.08 bits per heavy atom. The lowest BCUT2D eigenvalue weighted by Crippen LogP contribution is -2.08. The van der Waals surface area contributed by atoms with Crippen LogP contribution in [-0.2, 0) is 9.53 Å². The van der Waals surface area contributed by atoms with Gasteiger partial charge >= 0.3 is 0 Å². The van der Waals surface area contributed by atoms with E-state index in [1.165, 1.54) is 0 Å². The minimum absolute atomic E-state index is 0.0335. The van der Waals surface area contributed by atoms with Gasteiger partial charge in [0.1, 0.15) is 4.48 Å². The lowest BCUT2D eigenvalue weighted by atomic mass is 10.4. The van der Waals surface area contributed by atoms with Crippen LogP contribution in [0.4, 0.5) is 0 Å². The van der Waals surface area contributed by atoms with Gasteiger partial charge in [-0.3, -0.25) is 4.79 Å². The van der Waals surface area contributed by atoms with E-state index in [2.05, 4.69) is 15.9 Å². The van der Waals surface area contributed by atoms with Gasteiger partial charge < -0.3 is 4.74 Å². The summed E-state index contributed by atoms with van der Waals surface area (Å²) in [5.74, 6) is -0.517. The van der Waals surface area contributed by atoms with E-state index in [-0.39, 0.29) is 9.70 Å². The number of rotatable bonds is 4. The number of ether oxygens (including phenoxy) is 1. The third-order valence-corrected chi connectivity index (χ3v) is 2.53. The summed E-state index contributed by atoms with van der Waals surface area (Å²) in [7, 11) is 0. The Labute approximate surface area is 93.9 Å². The van der Waals surface area contributed by atoms with Crippen LogP contribution in [0, 0.1) is 0 Å². The Morgan fingerprint density at radius 3 is 2.42 bits per heavy atom. The van der Waals surface area contributed by atoms with Crippen LogP contribution in [0.3, 0.4) is 0 Å². The molecular formula is C6H6BrCl3O2. The van der Waals surface area contributed by atoms with Crippen molar-refractivity contribution < 1.29 is 9.53 Å². The summed E-state index contributed by atoms with van der Waals surface area (Å²) in [6.45, 7) is 2.11. The molecule has 0 heterocycles. The third kappa shape index (κ3) is 3.99. The van der Waals surface area contributed by atoms with Crippen molar-refractivity contribution in [3.63, 3.8) is 0 Å². The molecule has 6 heteroatoms. The first kappa shape index (κ1) is 12.6. The monoisotopic (exact) mass is 294 g/mol. The molecule has 0 aromatic heterocycles. The SMILES string of the molecule is CCO/C(Cl)=C(\Br)C(=O)C(Cl)Cl. The summed E-state index contributed by atoms with van der Waals surface area (Å²) in [5, 5.41) is -0.0335. The zero-order valence-corrected chi connectivity index (χ0v) is 9.97. The van der Waals surface area contributed by atoms with E-state index in [1.54, 1.807) is 6.92 Å². The first-order valence-corrected chi connectivity index (χ1v) is 5.05. The van der Waals surface area contributed by atoms with Gasteiger partial charge in [-0.1, -0.05) is 23.2 Å². The number of carbonyl (C=O) groups excluding carboxylic acids is 1. The van der Waals surface area contributed by atoms with Crippen molar-refractivity contribution in [2.75, 3.05) is 6.61 Å². The Bertz CT molecular complexity index is 203. The quantitative estimate of drug-likeness (QED) is 0.452. The Hall–Kier alpha value is 0.560. The summed E-state index contributed by atoms with van der Waals surface area (Å²) in [6.07, 6.45) is 0. The molecule has 12 heavy (non-hydrogen) atoms. The predicted octanol–water partition coefficient (Wildman–Crippen LogP) is 3.20. The molecule has 0 unspecified atom stereocenters. The van der Waals surface area contributed by atoms with Gasteiger partial charge in [-0.15, -0.1) is 0 Å². The molecule has 2 nitrogen and oxygen atoms in total. The third-order valence-electron chi connectivity index (χ3n) is 0.858. The second-order valence-electron chi connectivity index (χ2n) is 1.69. The molecule has 0 saturated carbocycles. The van der Waals surface area contributed by atoms with Crippen LogP contribution in [0.15, 0.2) is 9.70 Å². The molecule has 0 saturated heterocycles. The minimum atomic E-state index is -1.13. The number of ketones is 1. The van der Waals surface area contributed by atoms with E-state index < -0.39 is 10.6 Å². The first-order valence-electron chi connectivity index (χ1n) is 3.01. The molecule has 0 N–H and O–H groups in total. The van der Waals surface area contributed by atoms with Crippen molar-refractivity contribution >= 4 is 56.5 Å². The van der Waals surface area contributed by atoms with Crippen molar-refractivity contribution in [1.29, 1.82) is 0 Å². The molecule has 0 radical (unpaired) electrons. The van der Waals surface area contributed by atoms with Gasteiger partial charge in [-0.05, 0) is 34.5 Å². The first-order chi connectivity index (χ1) is 5.50. The van der Waals surface area contributed by atoms with E-state index in [4.69, 9.17) is 39.5 Å². The average Bonchev–Trinajstić information content (AvgIpc) is 2.02. The van der Waals surface area contributed by atoms with E-state index in [0.717, 1.165) is 0 Å². The van der Waals surface area contributed by atoms with Crippen molar-refractivity contribution in [2.45, 2.75) is 11.8 Å². The number of carbonyl (C=O) groups is 1. The molecular weight excluding hydrogens is 290 g/mol. The molecule has 0 atom stereocenters. The van der Waals surface area contributed by atoms with E-state index in [0.29, 0.717) is 6.61 Å². The highest BCUT2D eigenvalue weighted by atomic mass is 79.9. The maximum atomic E-state index is 11.0. The molecule has 0 aromatic rings. The second kappa shape index (κ2) is 6.08. The number of Topliss-reactive ketones (excluding diaryl/α,β-unsaturated/α-hetero) is 1. The van der Waals surface area contributed by atoms with Crippen molar-refractivity contribution in [3.8, 4) is 0 Å². The van der Waals surface area contributed by atoms with Gasteiger partial charge in [0, 0.05) is 0 Å². The molecule has 0 aliphatic rings. The summed E-state index contributed by atoms with van der Waals surface area (Å²) in [5.41, 5.74) is 0. The number of halogens is 4. The molecule has 0 aliphatic heterocycles. The Kier molecular flexibility index (Phi) is 6.36. The van der Waals surface area contributed by atoms with Crippen LogP contribution in [0.2, 0.25) is 0 Å². The fourth-order valence-electron chi connectivity index (χ4n) is 0.383. The Balaban J connectivity index is 4.43. The zero-order chi connectivity index (χ0) is 9.72. The molecule has 0 aliphatic carbocycles. The fourth-order valence-corrected chi connectivity index (χ4v) is 1.41. The van der Waals surface area contributed by atoms with Gasteiger partial charge in [-0.2, -0.15) is 0 Å². The van der Waals surface area contributed by atoms with E-state index in [9.17, 15) is 4.79 Å². The highest BCUT2D eigenvalue weighted by Gasteiger charge is 2.19. The number of hydrogen-bond donors (Lipinski definition) is 0. The molecule has 0 aromatic carbocycles. The van der Waals surface area contributed by atoms with Crippen molar-refractivity contribution in [3.05, 3.63) is 9.70 Å². The lowest BCUT2D eigenvalue weighted by molar-refractivity contribution is -0.113. The summed E-state index contributed by atoms with van der Waals surface area (Å²) < 4.78 is 4.89. The highest BCUT2D eigenvalue weighted by Crippen LogP contribution is 2.22. The van der Waals surface area contributed by atoms with Crippen LogP contribution in [0.5, 0.6) is 0 Å². The van der Waals surface area contributed by atoms with E-state index in [1.807, 2.05) is 0 Å². The van der Waals surface area contributed by atoms with Crippen LogP contribution >= 0.6 is 50.7 Å². The second-order valence-corrected chi connectivity index (χ2v) is 3.92. The smallest absolute Gasteiger partial charge is 0.207 e. The number of allylic oxidation sites excluding steroid dienone is 1. The van der Waals surface area contributed by atoms with Crippen LogP contribution in [0.1, 0.15) is 6.92 Å². The zero-order valence-electron chi connectivity index (χ0n) is 6.11.